The smallest absolute Gasteiger partial charge is 0.417 e. The Balaban J connectivity index is 1.78. The molecule has 1 saturated carbocycles. The Kier molecular flexibility index (Phi) is 6.23. The lowest BCUT2D eigenvalue weighted by Gasteiger charge is -2.31. The summed E-state index contributed by atoms with van der Waals surface area (Å²) in [5.41, 5.74) is -2.37. The molecule has 0 saturated heterocycles. The second-order valence-electron chi connectivity index (χ2n) is 7.12. The van der Waals surface area contributed by atoms with Crippen LogP contribution in [0.4, 0.5) is 13.2 Å². The molecule has 6 nitrogen and oxygen atoms in total. The summed E-state index contributed by atoms with van der Waals surface area (Å²) in [5.74, 6) is 0.180. The van der Waals surface area contributed by atoms with Gasteiger partial charge in [0.2, 0.25) is 10.0 Å². The molecule has 0 bridgehead atoms. The van der Waals surface area contributed by atoms with E-state index < -0.39 is 27.4 Å². The summed E-state index contributed by atoms with van der Waals surface area (Å²) in [6.45, 7) is 1.76. The summed E-state index contributed by atoms with van der Waals surface area (Å²) in [4.78, 5) is 11.5. The fourth-order valence-electron chi connectivity index (χ4n) is 3.55. The lowest BCUT2D eigenvalue weighted by molar-refractivity contribution is -0.136. The number of hydrogen-bond donors (Lipinski definition) is 1. The van der Waals surface area contributed by atoms with E-state index in [0.717, 1.165) is 19.3 Å². The van der Waals surface area contributed by atoms with Gasteiger partial charge in [0.15, 0.2) is 0 Å². The number of ether oxygens (including phenoxy) is 1. The minimum Gasteiger partial charge on any atom is -0.493 e. The van der Waals surface area contributed by atoms with Gasteiger partial charge in [-0.1, -0.05) is 12.8 Å². The number of fused-ring (bicyclic) bond motifs is 1. The first-order valence-electron chi connectivity index (χ1n) is 9.37. The Labute approximate surface area is 166 Å². The zero-order valence-corrected chi connectivity index (χ0v) is 16.6. The van der Waals surface area contributed by atoms with Crippen molar-refractivity contribution in [2.45, 2.75) is 44.8 Å². The number of alkyl halides is 3. The molecule has 0 amide bonds. The fourth-order valence-corrected chi connectivity index (χ4v) is 4.49. The average molecular weight is 433 g/mol. The molecule has 2 atom stereocenters. The van der Waals surface area contributed by atoms with E-state index in [-0.39, 0.29) is 41.0 Å². The number of rotatable bonds is 6. The van der Waals surface area contributed by atoms with Gasteiger partial charge in [0.25, 0.3) is 0 Å². The summed E-state index contributed by atoms with van der Waals surface area (Å²) in [6, 6.07) is 4.01. The van der Waals surface area contributed by atoms with Gasteiger partial charge >= 0.3 is 11.8 Å². The van der Waals surface area contributed by atoms with Gasteiger partial charge < -0.3 is 9.15 Å². The highest BCUT2D eigenvalue weighted by atomic mass is 32.2. The molecule has 2 aromatic rings. The predicted molar refractivity (Wildman–Crippen MR) is 101 cm³/mol. The minimum absolute atomic E-state index is 0.0116. The number of nitrogens with one attached hydrogen (secondary N) is 1. The zero-order chi connectivity index (χ0) is 21.2. The largest absolute Gasteiger partial charge is 0.493 e. The van der Waals surface area contributed by atoms with Gasteiger partial charge in [0, 0.05) is 29.5 Å². The number of halogens is 3. The summed E-state index contributed by atoms with van der Waals surface area (Å²) < 4.78 is 76.5. The third-order valence-corrected chi connectivity index (χ3v) is 6.53. The first-order valence-corrected chi connectivity index (χ1v) is 11.0. The molecule has 3 rings (SSSR count). The number of sulfonamides is 1. The van der Waals surface area contributed by atoms with Crippen LogP contribution in [0.1, 0.15) is 38.2 Å². The van der Waals surface area contributed by atoms with Crippen LogP contribution in [-0.2, 0) is 16.2 Å². The Morgan fingerprint density at radius 3 is 2.62 bits per heavy atom. The van der Waals surface area contributed by atoms with Gasteiger partial charge in [-0.3, -0.25) is 0 Å². The van der Waals surface area contributed by atoms with Crippen molar-refractivity contribution in [2.75, 3.05) is 12.4 Å². The second kappa shape index (κ2) is 8.35. The average Bonchev–Trinajstić information content (AvgIpc) is 2.65. The van der Waals surface area contributed by atoms with Crippen molar-refractivity contribution in [2.24, 2.45) is 5.92 Å². The van der Waals surface area contributed by atoms with E-state index in [4.69, 9.17) is 9.15 Å². The standard InChI is InChI=1S/C19H22F3NO5S/c1-2-29(25,26)23-16-6-4-3-5-12(16)11-27-13-7-8-14-15(19(20,21)22)10-18(24)28-17(14)9-13/h7-10,12,16,23H,2-6,11H2,1H3/t12-,16+/m0/s1. The fraction of sp³-hybridized carbons (Fsp3) is 0.526. The van der Waals surface area contributed by atoms with Gasteiger partial charge in [-0.2, -0.15) is 13.2 Å². The quantitative estimate of drug-likeness (QED) is 0.703. The molecular formula is C19H22F3NO5S. The van der Waals surface area contributed by atoms with E-state index in [9.17, 15) is 26.4 Å². The second-order valence-corrected chi connectivity index (χ2v) is 9.16. The molecule has 10 heteroatoms. The van der Waals surface area contributed by atoms with Crippen molar-refractivity contribution < 1.29 is 30.7 Å². The normalized spacial score (nSPS) is 20.7. The molecule has 1 heterocycles. The van der Waals surface area contributed by atoms with Crippen molar-refractivity contribution in [1.82, 2.24) is 4.72 Å². The first-order chi connectivity index (χ1) is 13.6. The Morgan fingerprint density at radius 1 is 1.21 bits per heavy atom. The number of hydrogen-bond acceptors (Lipinski definition) is 5. The molecule has 0 aliphatic heterocycles. The maximum absolute atomic E-state index is 13.1. The summed E-state index contributed by atoms with van der Waals surface area (Å²) in [7, 11) is -3.35. The van der Waals surface area contributed by atoms with Crippen LogP contribution < -0.4 is 15.1 Å². The SMILES string of the molecule is CCS(=O)(=O)N[C@@H]1CCCC[C@H]1COc1ccc2c(C(F)(F)F)cc(=O)oc2c1. The summed E-state index contributed by atoms with van der Waals surface area (Å²) in [5, 5.41) is -0.226. The zero-order valence-electron chi connectivity index (χ0n) is 15.8. The van der Waals surface area contributed by atoms with Gasteiger partial charge in [-0.25, -0.2) is 17.9 Å². The molecular weight excluding hydrogens is 411 g/mol. The first kappa shape index (κ1) is 21.6. The van der Waals surface area contributed by atoms with Crippen LogP contribution >= 0.6 is 0 Å². The highest BCUT2D eigenvalue weighted by Crippen LogP contribution is 2.35. The van der Waals surface area contributed by atoms with E-state index in [1.54, 1.807) is 6.92 Å². The van der Waals surface area contributed by atoms with Crippen LogP contribution in [0, 0.1) is 5.92 Å². The molecule has 1 aliphatic rings. The maximum Gasteiger partial charge on any atom is 0.417 e. The molecule has 1 aromatic heterocycles. The van der Waals surface area contributed by atoms with Crippen molar-refractivity contribution in [1.29, 1.82) is 0 Å². The lowest BCUT2D eigenvalue weighted by atomic mass is 9.86. The van der Waals surface area contributed by atoms with Crippen LogP contribution in [0.3, 0.4) is 0 Å². The third kappa shape index (κ3) is 5.30. The Morgan fingerprint density at radius 2 is 1.93 bits per heavy atom. The van der Waals surface area contributed by atoms with Crippen molar-refractivity contribution in [3.05, 3.63) is 40.2 Å². The monoisotopic (exact) mass is 433 g/mol. The predicted octanol–water partition coefficient (Wildman–Crippen LogP) is 3.69. The third-order valence-electron chi connectivity index (χ3n) is 5.11. The van der Waals surface area contributed by atoms with E-state index in [1.165, 1.54) is 18.2 Å². The van der Waals surface area contributed by atoms with Gasteiger partial charge in [0.05, 0.1) is 17.9 Å². The van der Waals surface area contributed by atoms with Crippen LogP contribution in [0.5, 0.6) is 5.75 Å². The van der Waals surface area contributed by atoms with E-state index in [1.807, 2.05) is 0 Å². The lowest BCUT2D eigenvalue weighted by Crippen LogP contribution is -2.44. The van der Waals surface area contributed by atoms with Crippen molar-refractivity contribution in [3.8, 4) is 5.75 Å². The number of benzene rings is 1. The van der Waals surface area contributed by atoms with Crippen LogP contribution in [0.15, 0.2) is 33.5 Å². The molecule has 1 N–H and O–H groups in total. The van der Waals surface area contributed by atoms with Crippen LogP contribution in [0.25, 0.3) is 11.0 Å². The topological polar surface area (TPSA) is 85.6 Å². The van der Waals surface area contributed by atoms with Crippen molar-refractivity contribution >= 4 is 21.0 Å². The molecule has 1 fully saturated rings. The molecule has 160 valence electrons. The van der Waals surface area contributed by atoms with Gasteiger partial charge in [0.1, 0.15) is 11.3 Å². The van der Waals surface area contributed by atoms with Crippen LogP contribution in [-0.4, -0.2) is 26.8 Å². The van der Waals surface area contributed by atoms with Crippen LogP contribution in [0.2, 0.25) is 0 Å². The van der Waals surface area contributed by atoms with Gasteiger partial charge in [-0.15, -0.1) is 0 Å². The molecule has 1 aliphatic carbocycles. The summed E-state index contributed by atoms with van der Waals surface area (Å²) in [6.07, 6.45) is -1.34. The molecule has 0 radical (unpaired) electrons. The maximum atomic E-state index is 13.1. The summed E-state index contributed by atoms with van der Waals surface area (Å²) >= 11 is 0. The molecule has 0 spiro atoms. The van der Waals surface area contributed by atoms with E-state index in [2.05, 4.69) is 4.72 Å². The van der Waals surface area contributed by atoms with E-state index >= 15 is 0 Å². The van der Waals surface area contributed by atoms with Gasteiger partial charge in [-0.05, 0) is 31.9 Å². The Bertz CT molecular complexity index is 1030. The Hall–Kier alpha value is -2.07. The highest BCUT2D eigenvalue weighted by molar-refractivity contribution is 7.89. The molecule has 1 aromatic carbocycles. The van der Waals surface area contributed by atoms with E-state index in [0.29, 0.717) is 12.5 Å². The molecule has 0 unspecified atom stereocenters. The highest BCUT2D eigenvalue weighted by Gasteiger charge is 2.34. The minimum atomic E-state index is -4.68. The molecule has 29 heavy (non-hydrogen) atoms. The van der Waals surface area contributed by atoms with Crippen molar-refractivity contribution in [3.63, 3.8) is 0 Å².